The standard InChI is InChI=1S/C14H20N4O2/c1-9-8-11-13(17-10(2)18-14(11)16-9)15-7-5-3-4-6-12(19)20/h8H,3-7H2,1-2H3,(H,19,20)(H2,15,16,17,18). The first-order valence-corrected chi connectivity index (χ1v) is 6.86. The van der Waals surface area contributed by atoms with E-state index in [0.717, 1.165) is 54.2 Å². The van der Waals surface area contributed by atoms with Crippen LogP contribution >= 0.6 is 0 Å². The number of hydrogen-bond donors (Lipinski definition) is 3. The highest BCUT2D eigenvalue weighted by Crippen LogP contribution is 2.21. The molecule has 6 heteroatoms. The molecule has 0 aliphatic heterocycles. The van der Waals surface area contributed by atoms with Crippen molar-refractivity contribution in [2.45, 2.75) is 39.5 Å². The molecule has 0 aromatic carbocycles. The summed E-state index contributed by atoms with van der Waals surface area (Å²) in [5.74, 6) is 0.844. The van der Waals surface area contributed by atoms with Gasteiger partial charge in [0, 0.05) is 18.7 Å². The minimum Gasteiger partial charge on any atom is -0.481 e. The zero-order chi connectivity index (χ0) is 14.5. The molecule has 0 atom stereocenters. The highest BCUT2D eigenvalue weighted by Gasteiger charge is 2.07. The smallest absolute Gasteiger partial charge is 0.303 e. The zero-order valence-electron chi connectivity index (χ0n) is 11.9. The van der Waals surface area contributed by atoms with Crippen molar-refractivity contribution < 1.29 is 9.90 Å². The van der Waals surface area contributed by atoms with Gasteiger partial charge in [0.15, 0.2) is 0 Å². The van der Waals surface area contributed by atoms with Gasteiger partial charge in [-0.2, -0.15) is 0 Å². The molecule has 0 saturated carbocycles. The van der Waals surface area contributed by atoms with Crippen LogP contribution in [-0.4, -0.2) is 32.6 Å². The Morgan fingerprint density at radius 2 is 2.10 bits per heavy atom. The first-order valence-electron chi connectivity index (χ1n) is 6.86. The molecule has 20 heavy (non-hydrogen) atoms. The van der Waals surface area contributed by atoms with E-state index in [1.807, 2.05) is 19.9 Å². The molecule has 0 unspecified atom stereocenters. The topological polar surface area (TPSA) is 90.9 Å². The quantitative estimate of drug-likeness (QED) is 0.676. The van der Waals surface area contributed by atoms with E-state index >= 15 is 0 Å². The second-order valence-electron chi connectivity index (χ2n) is 4.97. The lowest BCUT2D eigenvalue weighted by molar-refractivity contribution is -0.137. The molecule has 0 bridgehead atoms. The minimum absolute atomic E-state index is 0.244. The Balaban J connectivity index is 1.91. The molecule has 0 spiro atoms. The number of nitrogens with one attached hydrogen (secondary N) is 2. The third kappa shape index (κ3) is 3.69. The highest BCUT2D eigenvalue weighted by molar-refractivity contribution is 5.87. The second kappa shape index (κ2) is 6.36. The molecule has 0 radical (unpaired) electrons. The van der Waals surface area contributed by atoms with Crippen LogP contribution in [0.5, 0.6) is 0 Å². The second-order valence-corrected chi connectivity index (χ2v) is 4.97. The zero-order valence-corrected chi connectivity index (χ0v) is 11.9. The number of rotatable bonds is 7. The van der Waals surface area contributed by atoms with Crippen LogP contribution in [0.25, 0.3) is 11.0 Å². The van der Waals surface area contributed by atoms with Crippen molar-refractivity contribution in [2.24, 2.45) is 0 Å². The Hall–Kier alpha value is -2.11. The van der Waals surface area contributed by atoms with Gasteiger partial charge < -0.3 is 15.4 Å². The third-order valence-corrected chi connectivity index (χ3v) is 3.09. The van der Waals surface area contributed by atoms with E-state index in [2.05, 4.69) is 20.3 Å². The first kappa shape index (κ1) is 14.3. The maximum atomic E-state index is 10.4. The van der Waals surface area contributed by atoms with Crippen molar-refractivity contribution in [3.05, 3.63) is 17.6 Å². The van der Waals surface area contributed by atoms with Gasteiger partial charge >= 0.3 is 5.97 Å². The van der Waals surface area contributed by atoms with Gasteiger partial charge in [0.2, 0.25) is 0 Å². The summed E-state index contributed by atoms with van der Waals surface area (Å²) in [6, 6.07) is 2.03. The van der Waals surface area contributed by atoms with Crippen LogP contribution in [0.2, 0.25) is 0 Å². The number of unbranched alkanes of at least 4 members (excludes halogenated alkanes) is 2. The number of carboxylic acids is 1. The van der Waals surface area contributed by atoms with E-state index in [1.165, 1.54) is 0 Å². The fourth-order valence-electron chi connectivity index (χ4n) is 2.17. The number of aliphatic carboxylic acids is 1. The molecular weight excluding hydrogens is 256 g/mol. The van der Waals surface area contributed by atoms with Crippen molar-refractivity contribution in [3.8, 4) is 0 Å². The van der Waals surface area contributed by atoms with Gasteiger partial charge in [-0.25, -0.2) is 9.97 Å². The van der Waals surface area contributed by atoms with E-state index in [0.29, 0.717) is 0 Å². The number of nitrogens with zero attached hydrogens (tertiary/aromatic N) is 2. The fourth-order valence-corrected chi connectivity index (χ4v) is 2.17. The van der Waals surface area contributed by atoms with E-state index < -0.39 is 5.97 Å². The van der Waals surface area contributed by atoms with E-state index in [9.17, 15) is 4.79 Å². The number of H-pyrrole nitrogens is 1. The minimum atomic E-state index is -0.728. The van der Waals surface area contributed by atoms with Gasteiger partial charge in [-0.05, 0) is 32.8 Å². The Morgan fingerprint density at radius 1 is 1.30 bits per heavy atom. The molecule has 0 aliphatic carbocycles. The molecule has 0 aliphatic rings. The van der Waals surface area contributed by atoms with Crippen LogP contribution in [0, 0.1) is 13.8 Å². The number of anilines is 1. The van der Waals surface area contributed by atoms with Crippen LogP contribution in [0.1, 0.15) is 37.2 Å². The number of aromatic amines is 1. The SMILES string of the molecule is Cc1nc(NCCCCCC(=O)O)c2cc(C)[nH]c2n1. The van der Waals surface area contributed by atoms with Crippen LogP contribution in [0.15, 0.2) is 6.07 Å². The van der Waals surface area contributed by atoms with Crippen molar-refractivity contribution in [2.75, 3.05) is 11.9 Å². The summed E-state index contributed by atoms with van der Waals surface area (Å²) in [5.41, 5.74) is 1.91. The maximum Gasteiger partial charge on any atom is 0.303 e. The molecule has 0 fully saturated rings. The molecule has 0 saturated heterocycles. The predicted octanol–water partition coefficient (Wildman–Crippen LogP) is 2.63. The molecule has 2 rings (SSSR count). The van der Waals surface area contributed by atoms with E-state index in [4.69, 9.17) is 5.11 Å². The molecule has 2 aromatic rings. The molecular formula is C14H20N4O2. The monoisotopic (exact) mass is 276 g/mol. The number of carbonyl (C=O) groups is 1. The molecule has 3 N–H and O–H groups in total. The normalized spacial score (nSPS) is 10.9. The summed E-state index contributed by atoms with van der Waals surface area (Å²) in [6.45, 7) is 4.65. The van der Waals surface area contributed by atoms with E-state index in [-0.39, 0.29) is 6.42 Å². The van der Waals surface area contributed by atoms with Crippen LogP contribution in [0.4, 0.5) is 5.82 Å². The molecule has 2 heterocycles. The highest BCUT2D eigenvalue weighted by atomic mass is 16.4. The Kier molecular flexibility index (Phi) is 4.55. The van der Waals surface area contributed by atoms with Gasteiger partial charge in [0.05, 0.1) is 5.39 Å². The van der Waals surface area contributed by atoms with E-state index in [1.54, 1.807) is 0 Å². The number of aryl methyl sites for hydroxylation is 2. The van der Waals surface area contributed by atoms with Crippen LogP contribution in [0.3, 0.4) is 0 Å². The van der Waals surface area contributed by atoms with Gasteiger partial charge in [-0.3, -0.25) is 4.79 Å². The first-order chi connectivity index (χ1) is 9.56. The average molecular weight is 276 g/mol. The van der Waals surface area contributed by atoms with Crippen molar-refractivity contribution in [1.29, 1.82) is 0 Å². The van der Waals surface area contributed by atoms with Gasteiger partial charge in [0.25, 0.3) is 0 Å². The molecule has 6 nitrogen and oxygen atoms in total. The fraction of sp³-hybridized carbons (Fsp3) is 0.500. The summed E-state index contributed by atoms with van der Waals surface area (Å²) in [6.07, 6.45) is 2.80. The van der Waals surface area contributed by atoms with Crippen molar-refractivity contribution >= 4 is 22.8 Å². The van der Waals surface area contributed by atoms with Crippen LogP contribution < -0.4 is 5.32 Å². The van der Waals surface area contributed by atoms with Gasteiger partial charge in [-0.15, -0.1) is 0 Å². The Labute approximate surface area is 117 Å². The lowest BCUT2D eigenvalue weighted by Crippen LogP contribution is -2.05. The maximum absolute atomic E-state index is 10.4. The molecule has 0 amide bonds. The summed E-state index contributed by atoms with van der Waals surface area (Å²) in [5, 5.41) is 12.9. The number of carboxylic acid groups (broad SMARTS) is 1. The summed E-state index contributed by atoms with van der Waals surface area (Å²) in [4.78, 5) is 22.4. The van der Waals surface area contributed by atoms with Crippen LogP contribution in [-0.2, 0) is 4.79 Å². The number of aromatic nitrogens is 3. The third-order valence-electron chi connectivity index (χ3n) is 3.09. The Morgan fingerprint density at radius 3 is 2.85 bits per heavy atom. The average Bonchev–Trinajstić information content (AvgIpc) is 2.73. The Bertz CT molecular complexity index is 606. The van der Waals surface area contributed by atoms with Crippen molar-refractivity contribution in [3.63, 3.8) is 0 Å². The van der Waals surface area contributed by atoms with Crippen molar-refractivity contribution in [1.82, 2.24) is 15.0 Å². The number of fused-ring (bicyclic) bond motifs is 1. The molecule has 2 aromatic heterocycles. The lowest BCUT2D eigenvalue weighted by Gasteiger charge is -2.07. The largest absolute Gasteiger partial charge is 0.481 e. The predicted molar refractivity (Wildman–Crippen MR) is 78.0 cm³/mol. The van der Waals surface area contributed by atoms with Gasteiger partial charge in [-0.1, -0.05) is 6.42 Å². The molecule has 108 valence electrons. The van der Waals surface area contributed by atoms with Gasteiger partial charge in [0.1, 0.15) is 17.3 Å². The lowest BCUT2D eigenvalue weighted by atomic mass is 10.2. The number of hydrogen-bond acceptors (Lipinski definition) is 4. The summed E-state index contributed by atoms with van der Waals surface area (Å²) >= 11 is 0. The summed E-state index contributed by atoms with van der Waals surface area (Å²) < 4.78 is 0. The summed E-state index contributed by atoms with van der Waals surface area (Å²) in [7, 11) is 0.